The SMILES string of the molecule is COc1ccc([C@@H]2N[C@](Cc3ccccc3)(C(=O)O)[C@@H]3C(=O)N(c4ccc(F)cc4)C(=O)[C@@H]32)cc1. The van der Waals surface area contributed by atoms with Crippen LogP contribution in [0.1, 0.15) is 17.2 Å². The van der Waals surface area contributed by atoms with Gasteiger partial charge >= 0.3 is 5.97 Å². The molecule has 7 nitrogen and oxygen atoms in total. The molecule has 0 bridgehead atoms. The highest BCUT2D eigenvalue weighted by atomic mass is 19.1. The third kappa shape index (κ3) is 3.66. The van der Waals surface area contributed by atoms with E-state index in [1.807, 2.05) is 6.07 Å². The van der Waals surface area contributed by atoms with Gasteiger partial charge in [-0.25, -0.2) is 9.29 Å². The van der Waals surface area contributed by atoms with Crippen LogP contribution in [0.3, 0.4) is 0 Å². The zero-order valence-corrected chi connectivity index (χ0v) is 18.9. The van der Waals surface area contributed by atoms with Crippen molar-refractivity contribution in [2.45, 2.75) is 18.0 Å². The van der Waals surface area contributed by atoms with E-state index in [1.165, 1.54) is 19.2 Å². The van der Waals surface area contributed by atoms with Crippen LogP contribution in [0.2, 0.25) is 0 Å². The largest absolute Gasteiger partial charge is 0.497 e. The molecule has 3 aromatic rings. The lowest BCUT2D eigenvalue weighted by atomic mass is 9.76. The Kier molecular flexibility index (Phi) is 5.61. The Labute approximate surface area is 201 Å². The molecule has 178 valence electrons. The molecule has 2 fully saturated rings. The smallest absolute Gasteiger partial charge is 0.325 e. The molecule has 2 heterocycles. The number of nitrogens with one attached hydrogen (secondary N) is 1. The fourth-order valence-electron chi connectivity index (χ4n) is 5.30. The van der Waals surface area contributed by atoms with Gasteiger partial charge in [0.1, 0.15) is 17.1 Å². The summed E-state index contributed by atoms with van der Waals surface area (Å²) in [5.41, 5.74) is -0.127. The minimum Gasteiger partial charge on any atom is -0.497 e. The second-order valence-corrected chi connectivity index (χ2v) is 8.83. The highest BCUT2D eigenvalue weighted by Crippen LogP contribution is 2.51. The molecule has 0 aliphatic carbocycles. The van der Waals surface area contributed by atoms with Crippen molar-refractivity contribution in [1.29, 1.82) is 0 Å². The number of amides is 2. The summed E-state index contributed by atoms with van der Waals surface area (Å²) >= 11 is 0. The molecule has 2 amide bonds. The van der Waals surface area contributed by atoms with E-state index in [2.05, 4.69) is 5.32 Å². The number of benzene rings is 3. The topological polar surface area (TPSA) is 95.9 Å². The highest BCUT2D eigenvalue weighted by molar-refractivity contribution is 6.24. The van der Waals surface area contributed by atoms with E-state index in [-0.39, 0.29) is 12.1 Å². The molecule has 2 saturated heterocycles. The van der Waals surface area contributed by atoms with Gasteiger partial charge in [-0.15, -0.1) is 0 Å². The van der Waals surface area contributed by atoms with Crippen molar-refractivity contribution in [1.82, 2.24) is 5.32 Å². The first-order chi connectivity index (χ1) is 16.9. The van der Waals surface area contributed by atoms with Crippen LogP contribution in [0, 0.1) is 17.7 Å². The third-order valence-corrected chi connectivity index (χ3v) is 6.92. The maximum absolute atomic E-state index is 13.8. The summed E-state index contributed by atoms with van der Waals surface area (Å²) in [5, 5.41) is 13.7. The number of methoxy groups -OCH3 is 1. The molecule has 0 unspecified atom stereocenters. The Hall–Kier alpha value is -4.04. The standard InChI is InChI=1S/C27H23FN2O5/c1-35-20-13-7-17(8-14-20)23-21-22(25(32)30(24(21)31)19-11-9-18(28)10-12-19)27(29-23,26(33)34)15-16-5-3-2-4-6-16/h2-14,21-23,29H,15H2,1H3,(H,33,34)/t21-,22-,23-,27-/m0/s1. The summed E-state index contributed by atoms with van der Waals surface area (Å²) in [6.45, 7) is 0. The maximum Gasteiger partial charge on any atom is 0.325 e. The van der Waals surface area contributed by atoms with Gasteiger partial charge in [-0.1, -0.05) is 42.5 Å². The number of carboxylic acid groups (broad SMARTS) is 1. The van der Waals surface area contributed by atoms with Crippen molar-refractivity contribution in [3.05, 3.63) is 95.8 Å². The molecule has 3 aromatic carbocycles. The molecule has 4 atom stereocenters. The average Bonchev–Trinajstić information content (AvgIpc) is 3.34. The molecular formula is C27H23FN2O5. The van der Waals surface area contributed by atoms with E-state index in [0.717, 1.165) is 22.6 Å². The molecule has 2 aliphatic rings. The summed E-state index contributed by atoms with van der Waals surface area (Å²) in [6, 6.07) is 20.3. The lowest BCUT2D eigenvalue weighted by Crippen LogP contribution is -2.57. The Morgan fingerprint density at radius 1 is 1.00 bits per heavy atom. The van der Waals surface area contributed by atoms with Gasteiger partial charge in [0.05, 0.1) is 24.6 Å². The number of rotatable bonds is 6. The van der Waals surface area contributed by atoms with Gasteiger partial charge in [0.25, 0.3) is 0 Å². The van der Waals surface area contributed by atoms with Gasteiger partial charge < -0.3 is 9.84 Å². The zero-order chi connectivity index (χ0) is 24.7. The summed E-state index contributed by atoms with van der Waals surface area (Å²) in [6.07, 6.45) is 0.00721. The number of hydrogen-bond acceptors (Lipinski definition) is 5. The van der Waals surface area contributed by atoms with Crippen LogP contribution in [0.15, 0.2) is 78.9 Å². The molecule has 35 heavy (non-hydrogen) atoms. The summed E-state index contributed by atoms with van der Waals surface area (Å²) < 4.78 is 18.8. The number of hydrogen-bond donors (Lipinski definition) is 2. The van der Waals surface area contributed by atoms with E-state index in [1.54, 1.807) is 48.5 Å². The number of fused-ring (bicyclic) bond motifs is 1. The molecular weight excluding hydrogens is 451 g/mol. The Balaban J connectivity index is 1.64. The molecule has 0 aromatic heterocycles. The van der Waals surface area contributed by atoms with Crippen LogP contribution in [0.5, 0.6) is 5.75 Å². The van der Waals surface area contributed by atoms with E-state index in [9.17, 15) is 23.9 Å². The first-order valence-electron chi connectivity index (χ1n) is 11.2. The number of nitrogens with zero attached hydrogens (tertiary/aromatic N) is 1. The van der Waals surface area contributed by atoms with Gasteiger partial charge in [0.15, 0.2) is 0 Å². The predicted molar refractivity (Wildman–Crippen MR) is 125 cm³/mol. The quantitative estimate of drug-likeness (QED) is 0.532. The molecule has 0 spiro atoms. The van der Waals surface area contributed by atoms with E-state index in [4.69, 9.17) is 4.74 Å². The second-order valence-electron chi connectivity index (χ2n) is 8.83. The zero-order valence-electron chi connectivity index (χ0n) is 18.9. The molecule has 8 heteroatoms. The van der Waals surface area contributed by atoms with Crippen molar-refractivity contribution in [2.24, 2.45) is 11.8 Å². The monoisotopic (exact) mass is 474 g/mol. The van der Waals surface area contributed by atoms with Crippen molar-refractivity contribution < 1.29 is 28.6 Å². The fraction of sp³-hybridized carbons (Fsp3) is 0.222. The molecule has 2 N–H and O–H groups in total. The van der Waals surface area contributed by atoms with Gasteiger partial charge in [-0.05, 0) is 47.5 Å². The molecule has 0 saturated carbocycles. The lowest BCUT2D eigenvalue weighted by molar-refractivity contribution is -0.148. The van der Waals surface area contributed by atoms with E-state index >= 15 is 0 Å². The second kappa shape index (κ2) is 8.63. The van der Waals surface area contributed by atoms with Gasteiger partial charge in [0.2, 0.25) is 11.8 Å². The number of halogens is 1. The number of ether oxygens (including phenoxy) is 1. The predicted octanol–water partition coefficient (Wildman–Crippen LogP) is 3.35. The number of carbonyl (C=O) groups excluding carboxylic acids is 2. The van der Waals surface area contributed by atoms with Crippen LogP contribution >= 0.6 is 0 Å². The highest BCUT2D eigenvalue weighted by Gasteiger charge is 2.68. The van der Waals surface area contributed by atoms with Crippen molar-refractivity contribution >= 4 is 23.5 Å². The summed E-state index contributed by atoms with van der Waals surface area (Å²) in [7, 11) is 1.54. The number of anilines is 1. The van der Waals surface area contributed by atoms with Crippen LogP contribution < -0.4 is 15.0 Å². The van der Waals surface area contributed by atoms with Gasteiger partial charge in [0, 0.05) is 12.5 Å². The van der Waals surface area contributed by atoms with Gasteiger partial charge in [-0.2, -0.15) is 0 Å². The van der Waals surface area contributed by atoms with Crippen molar-refractivity contribution in [2.75, 3.05) is 12.0 Å². The van der Waals surface area contributed by atoms with Crippen LogP contribution in [0.25, 0.3) is 0 Å². The van der Waals surface area contributed by atoms with Gasteiger partial charge in [-0.3, -0.25) is 19.7 Å². The van der Waals surface area contributed by atoms with Crippen LogP contribution in [-0.2, 0) is 20.8 Å². The lowest BCUT2D eigenvalue weighted by Gasteiger charge is -2.31. The first-order valence-corrected chi connectivity index (χ1v) is 11.2. The molecule has 2 aliphatic heterocycles. The minimum absolute atomic E-state index is 0.00721. The average molecular weight is 474 g/mol. The number of aliphatic carboxylic acids is 1. The fourth-order valence-corrected chi connectivity index (χ4v) is 5.30. The molecule has 5 rings (SSSR count). The molecule has 0 radical (unpaired) electrons. The van der Waals surface area contributed by atoms with Crippen molar-refractivity contribution in [3.8, 4) is 5.75 Å². The normalized spacial score (nSPS) is 25.5. The number of carbonyl (C=O) groups is 3. The van der Waals surface area contributed by atoms with E-state index in [0.29, 0.717) is 11.3 Å². The van der Waals surface area contributed by atoms with Crippen LogP contribution in [-0.4, -0.2) is 35.5 Å². The number of imide groups is 1. The third-order valence-electron chi connectivity index (χ3n) is 6.92. The Morgan fingerprint density at radius 2 is 1.66 bits per heavy atom. The van der Waals surface area contributed by atoms with E-state index < -0.39 is 47.0 Å². The first kappa shape index (κ1) is 22.7. The minimum atomic E-state index is -1.72. The number of carboxylic acids is 1. The van der Waals surface area contributed by atoms with Crippen molar-refractivity contribution in [3.63, 3.8) is 0 Å². The summed E-state index contributed by atoms with van der Waals surface area (Å²) in [5.74, 6) is -4.36. The Morgan fingerprint density at radius 3 is 2.26 bits per heavy atom. The summed E-state index contributed by atoms with van der Waals surface area (Å²) in [4.78, 5) is 41.3. The van der Waals surface area contributed by atoms with Crippen LogP contribution in [0.4, 0.5) is 10.1 Å². The maximum atomic E-state index is 13.8. The Bertz CT molecular complexity index is 1280.